The van der Waals surface area contributed by atoms with Gasteiger partial charge in [0.2, 0.25) is 0 Å². The normalized spacial score (nSPS) is 15.5. The molecule has 1 fully saturated rings. The second-order valence-corrected chi connectivity index (χ2v) is 9.29. The molecule has 4 heterocycles. The average molecular weight is 539 g/mol. The van der Waals surface area contributed by atoms with Gasteiger partial charge in [0.05, 0.1) is 18.9 Å². The van der Waals surface area contributed by atoms with Gasteiger partial charge in [-0.2, -0.15) is 13.9 Å². The van der Waals surface area contributed by atoms with E-state index in [1.165, 1.54) is 31.8 Å². The smallest absolute Gasteiger partial charge is 0.333 e. The highest BCUT2D eigenvalue weighted by Crippen LogP contribution is 2.36. The van der Waals surface area contributed by atoms with Crippen LogP contribution in [0.15, 0.2) is 55.1 Å². The molecule has 1 aliphatic heterocycles. The number of benzene rings is 1. The number of piperidine rings is 1. The van der Waals surface area contributed by atoms with E-state index < -0.39 is 12.4 Å². The van der Waals surface area contributed by atoms with Crippen molar-refractivity contribution in [2.45, 2.75) is 19.4 Å². The number of rotatable bonds is 9. The summed E-state index contributed by atoms with van der Waals surface area (Å²) >= 11 is 0. The maximum absolute atomic E-state index is 14.6. The maximum Gasteiger partial charge on any atom is 0.333 e. The topological polar surface area (TPSA) is 93.0 Å². The zero-order valence-electron chi connectivity index (χ0n) is 21.6. The van der Waals surface area contributed by atoms with Crippen molar-refractivity contribution in [3.8, 4) is 28.3 Å². The molecule has 204 valence electrons. The zero-order valence-corrected chi connectivity index (χ0v) is 21.6. The van der Waals surface area contributed by atoms with Gasteiger partial charge in [-0.15, -0.1) is 0 Å². The van der Waals surface area contributed by atoms with Crippen molar-refractivity contribution < 1.29 is 17.9 Å². The molecule has 0 spiro atoms. The lowest BCUT2D eigenvalue weighted by atomic mass is 9.96. The molecule has 0 unspecified atom stereocenters. The highest BCUT2D eigenvalue weighted by atomic mass is 19.3. The number of alkyl halides is 2. The zero-order chi connectivity index (χ0) is 27.4. The second-order valence-electron chi connectivity index (χ2n) is 9.29. The highest BCUT2D eigenvalue weighted by molar-refractivity contribution is 5.80. The lowest BCUT2D eigenvalue weighted by Gasteiger charge is -2.35. The van der Waals surface area contributed by atoms with Crippen molar-refractivity contribution in [1.82, 2.24) is 30.0 Å². The summed E-state index contributed by atoms with van der Waals surface area (Å²) in [5.41, 5.74) is 2.27. The molecule has 3 aromatic heterocycles. The van der Waals surface area contributed by atoms with Crippen LogP contribution in [-0.2, 0) is 0 Å². The summed E-state index contributed by atoms with van der Waals surface area (Å²) in [6, 6.07) is 8.05. The van der Waals surface area contributed by atoms with E-state index in [1.54, 1.807) is 24.4 Å². The van der Waals surface area contributed by atoms with Crippen molar-refractivity contribution in [2.24, 2.45) is 5.92 Å². The molecule has 12 heteroatoms. The summed E-state index contributed by atoms with van der Waals surface area (Å²) < 4.78 is 47.0. The lowest BCUT2D eigenvalue weighted by Crippen LogP contribution is -2.39. The van der Waals surface area contributed by atoms with Crippen molar-refractivity contribution >= 4 is 17.3 Å². The molecule has 1 saturated heterocycles. The first-order valence-corrected chi connectivity index (χ1v) is 12.6. The number of hydrogen-bond donors (Lipinski definition) is 2. The fraction of sp³-hybridized carbons (Fsp3) is 0.333. The molecule has 1 aromatic carbocycles. The van der Waals surface area contributed by atoms with E-state index >= 15 is 0 Å². The fourth-order valence-electron chi connectivity index (χ4n) is 4.89. The third-order valence-electron chi connectivity index (χ3n) is 6.68. The molecule has 1 atom stereocenters. The highest BCUT2D eigenvalue weighted by Gasteiger charge is 2.24. The lowest BCUT2D eigenvalue weighted by molar-refractivity contribution is 0.0566. The van der Waals surface area contributed by atoms with Crippen molar-refractivity contribution in [2.75, 3.05) is 44.0 Å². The van der Waals surface area contributed by atoms with Crippen LogP contribution in [0.2, 0.25) is 0 Å². The fourth-order valence-corrected chi connectivity index (χ4v) is 4.89. The first-order valence-electron chi connectivity index (χ1n) is 12.6. The van der Waals surface area contributed by atoms with Crippen LogP contribution in [0, 0.1) is 11.7 Å². The number of hydrogen-bond acceptors (Lipinski definition) is 8. The minimum atomic E-state index is -2.73. The van der Waals surface area contributed by atoms with E-state index in [1.807, 2.05) is 13.1 Å². The molecule has 9 nitrogen and oxygen atoms in total. The van der Waals surface area contributed by atoms with Gasteiger partial charge in [0.15, 0.2) is 5.82 Å². The molecular formula is C27H29F3N8O. The Labute approximate surface area is 224 Å². The Bertz CT molecular complexity index is 1430. The van der Waals surface area contributed by atoms with E-state index in [9.17, 15) is 13.2 Å². The quantitative estimate of drug-likeness (QED) is 0.303. The number of pyridine rings is 1. The Kier molecular flexibility index (Phi) is 7.92. The summed E-state index contributed by atoms with van der Waals surface area (Å²) in [7, 11) is 3.39. The standard InChI is InChI=1S/C27H29F3N8O/c1-31-12-17-5-4-10-37(15-17)21-11-24(33-14-19(21)18-13-34-38(16-18)27(29)30)35-23-8-9-32-26(36-23)25-20(28)6-3-7-22(25)39-2/h3,6-9,11,13-14,16-17,27,31H,4-5,10,12,15H2,1-2H3,(H,32,33,35,36)/t17-/m0/s1. The third kappa shape index (κ3) is 5.80. The van der Waals surface area contributed by atoms with Crippen LogP contribution >= 0.6 is 0 Å². The second kappa shape index (κ2) is 11.7. The van der Waals surface area contributed by atoms with Gasteiger partial charge in [0, 0.05) is 54.6 Å². The first-order chi connectivity index (χ1) is 19.0. The number of ether oxygens (including phenoxy) is 1. The van der Waals surface area contributed by atoms with E-state index in [-0.39, 0.29) is 11.4 Å². The summed E-state index contributed by atoms with van der Waals surface area (Å²) in [5.74, 6) is 1.34. The molecular weight excluding hydrogens is 509 g/mol. The molecule has 0 radical (unpaired) electrons. The van der Waals surface area contributed by atoms with Crippen LogP contribution in [0.3, 0.4) is 0 Å². The minimum Gasteiger partial charge on any atom is -0.496 e. The van der Waals surface area contributed by atoms with Gasteiger partial charge in [0.25, 0.3) is 0 Å². The minimum absolute atomic E-state index is 0.160. The largest absolute Gasteiger partial charge is 0.496 e. The number of aromatic nitrogens is 5. The molecule has 0 amide bonds. The van der Waals surface area contributed by atoms with E-state index in [0.29, 0.717) is 39.1 Å². The van der Waals surface area contributed by atoms with Crippen molar-refractivity contribution in [1.29, 1.82) is 0 Å². The molecule has 1 aliphatic rings. The van der Waals surface area contributed by atoms with Crippen LogP contribution in [-0.4, -0.2) is 58.5 Å². The first kappa shape index (κ1) is 26.4. The summed E-state index contributed by atoms with van der Waals surface area (Å²) in [4.78, 5) is 15.5. The Morgan fingerprint density at radius 2 is 2.03 bits per heavy atom. The third-order valence-corrected chi connectivity index (χ3v) is 6.68. The van der Waals surface area contributed by atoms with Crippen molar-refractivity contribution in [3.63, 3.8) is 0 Å². The van der Waals surface area contributed by atoms with E-state index in [2.05, 4.69) is 35.6 Å². The summed E-state index contributed by atoms with van der Waals surface area (Å²) in [6.07, 6.45) is 8.03. The van der Waals surface area contributed by atoms with Gasteiger partial charge in [-0.1, -0.05) is 6.07 Å². The van der Waals surface area contributed by atoms with Gasteiger partial charge >= 0.3 is 6.55 Å². The Balaban J connectivity index is 1.49. The van der Waals surface area contributed by atoms with Crippen LogP contribution in [0.5, 0.6) is 5.75 Å². The van der Waals surface area contributed by atoms with E-state index in [4.69, 9.17) is 4.74 Å². The summed E-state index contributed by atoms with van der Waals surface area (Å²) in [5, 5.41) is 10.2. The monoisotopic (exact) mass is 538 g/mol. The molecule has 5 rings (SSSR count). The maximum atomic E-state index is 14.6. The molecule has 0 bridgehead atoms. The molecule has 2 N–H and O–H groups in total. The van der Waals surface area contributed by atoms with Crippen LogP contribution < -0.4 is 20.3 Å². The molecule has 0 saturated carbocycles. The predicted molar refractivity (Wildman–Crippen MR) is 143 cm³/mol. The summed E-state index contributed by atoms with van der Waals surface area (Å²) in [6.45, 7) is -0.213. The van der Waals surface area contributed by atoms with Gasteiger partial charge in [-0.25, -0.2) is 24.0 Å². The van der Waals surface area contributed by atoms with Crippen molar-refractivity contribution in [3.05, 3.63) is 60.9 Å². The van der Waals surface area contributed by atoms with Gasteiger partial charge in [-0.3, -0.25) is 0 Å². The van der Waals surface area contributed by atoms with E-state index in [0.717, 1.165) is 38.2 Å². The predicted octanol–water partition coefficient (Wildman–Crippen LogP) is 5.12. The van der Waals surface area contributed by atoms with Crippen LogP contribution in [0.25, 0.3) is 22.5 Å². The Morgan fingerprint density at radius 1 is 1.15 bits per heavy atom. The number of nitrogens with one attached hydrogen (secondary N) is 2. The Morgan fingerprint density at radius 3 is 2.79 bits per heavy atom. The van der Waals surface area contributed by atoms with Gasteiger partial charge < -0.3 is 20.3 Å². The Hall–Kier alpha value is -4.19. The van der Waals surface area contributed by atoms with Gasteiger partial charge in [0.1, 0.15) is 23.2 Å². The number of nitrogens with zero attached hydrogens (tertiary/aromatic N) is 6. The SMILES string of the molecule is CNC[C@@H]1CCCN(c2cc(Nc3ccnc(-c4c(F)cccc4OC)n3)ncc2-c2cnn(C(F)F)c2)C1. The van der Waals surface area contributed by atoms with Crippen LogP contribution in [0.1, 0.15) is 19.4 Å². The van der Waals surface area contributed by atoms with Gasteiger partial charge in [-0.05, 0) is 50.6 Å². The number of halogens is 3. The number of methoxy groups -OCH3 is 1. The molecule has 39 heavy (non-hydrogen) atoms. The number of anilines is 3. The van der Waals surface area contributed by atoms with Crippen LogP contribution in [0.4, 0.5) is 30.5 Å². The molecule has 0 aliphatic carbocycles. The molecule has 4 aromatic rings. The average Bonchev–Trinajstić information content (AvgIpc) is 3.44.